The van der Waals surface area contributed by atoms with Gasteiger partial charge >= 0.3 is 0 Å². The van der Waals surface area contributed by atoms with E-state index < -0.39 is 8.32 Å². The third-order valence-corrected chi connectivity index (χ3v) is 9.08. The van der Waals surface area contributed by atoms with Gasteiger partial charge in [-0.3, -0.25) is 0 Å². The molecular weight excluding hydrogens is 214 g/mol. The normalized spacial score (nSPS) is 31.0. The molecule has 1 fully saturated rings. The molecule has 0 aromatic rings. The highest BCUT2D eigenvalue weighted by Gasteiger charge is 2.46. The summed E-state index contributed by atoms with van der Waals surface area (Å²) < 4.78 is 6.60. The zero-order chi connectivity index (χ0) is 12.2. The first-order valence-corrected chi connectivity index (χ1v) is 9.19. The maximum atomic E-state index is 6.60. The summed E-state index contributed by atoms with van der Waals surface area (Å²) in [6, 6.07) is 3.73. The van der Waals surface area contributed by atoms with E-state index in [4.69, 9.17) is 10.2 Å². The van der Waals surface area contributed by atoms with Crippen LogP contribution < -0.4 is 5.73 Å². The maximum absolute atomic E-state index is 6.60. The second-order valence-electron chi connectivity index (χ2n) is 5.03. The first-order chi connectivity index (χ1) is 7.58. The average molecular weight is 241 g/mol. The van der Waals surface area contributed by atoms with Crippen LogP contribution in [0.4, 0.5) is 0 Å². The first-order valence-electron chi connectivity index (χ1n) is 6.66. The number of hydrogen-bond acceptors (Lipinski definition) is 2. The van der Waals surface area contributed by atoms with Crippen LogP contribution in [0.3, 0.4) is 0 Å². The largest absolute Gasteiger partial charge is 0.409 e. The second kappa shape index (κ2) is 5.47. The minimum Gasteiger partial charge on any atom is -0.409 e. The summed E-state index contributed by atoms with van der Waals surface area (Å²) in [4.78, 5) is 0. The molecule has 0 aromatic carbocycles. The van der Waals surface area contributed by atoms with Gasteiger partial charge in [-0.15, -0.1) is 6.58 Å². The molecule has 2 nitrogen and oxygen atoms in total. The minimum atomic E-state index is -1.49. The van der Waals surface area contributed by atoms with Gasteiger partial charge in [-0.05, 0) is 31.0 Å². The van der Waals surface area contributed by atoms with Crippen molar-refractivity contribution >= 4 is 8.32 Å². The minimum absolute atomic E-state index is 0.0113. The lowest BCUT2D eigenvalue weighted by Crippen LogP contribution is -2.58. The molecule has 3 heteroatoms. The Morgan fingerprint density at radius 2 is 2.06 bits per heavy atom. The van der Waals surface area contributed by atoms with Crippen molar-refractivity contribution in [3.63, 3.8) is 0 Å². The fraction of sp³-hybridized carbons (Fsp3) is 0.846. The lowest BCUT2D eigenvalue weighted by molar-refractivity contribution is 0.0157. The Balaban J connectivity index is 2.91. The Bertz CT molecular complexity index is 240. The van der Waals surface area contributed by atoms with Crippen LogP contribution in [0, 0.1) is 0 Å². The molecule has 0 aromatic heterocycles. The van der Waals surface area contributed by atoms with Gasteiger partial charge in [0.2, 0.25) is 0 Å². The molecule has 2 N–H and O–H groups in total. The van der Waals surface area contributed by atoms with E-state index in [0.29, 0.717) is 0 Å². The van der Waals surface area contributed by atoms with Gasteiger partial charge in [0.15, 0.2) is 8.32 Å². The van der Waals surface area contributed by atoms with Crippen molar-refractivity contribution in [2.75, 3.05) is 0 Å². The fourth-order valence-electron chi connectivity index (χ4n) is 2.93. The molecule has 1 aliphatic heterocycles. The highest BCUT2D eigenvalue weighted by Crippen LogP contribution is 2.41. The quantitative estimate of drug-likeness (QED) is 0.591. The Kier molecular flexibility index (Phi) is 4.77. The monoisotopic (exact) mass is 241 g/mol. The lowest BCUT2D eigenvalue weighted by Gasteiger charge is -2.49. The molecule has 1 rings (SSSR count). The zero-order valence-corrected chi connectivity index (χ0v) is 12.1. The molecule has 1 heterocycles. The van der Waals surface area contributed by atoms with Gasteiger partial charge in [0.1, 0.15) is 0 Å². The van der Waals surface area contributed by atoms with Gasteiger partial charge < -0.3 is 10.2 Å². The molecule has 2 atom stereocenters. The van der Waals surface area contributed by atoms with Crippen molar-refractivity contribution in [1.29, 1.82) is 0 Å². The molecule has 1 saturated heterocycles. The summed E-state index contributed by atoms with van der Waals surface area (Å²) in [5, 5.41) is 0. The predicted octanol–water partition coefficient (Wildman–Crippen LogP) is 3.44. The van der Waals surface area contributed by atoms with Crippen LogP contribution in [-0.4, -0.2) is 20.0 Å². The van der Waals surface area contributed by atoms with Crippen LogP contribution in [-0.2, 0) is 4.43 Å². The van der Waals surface area contributed by atoms with Crippen LogP contribution in [0.2, 0.25) is 18.1 Å². The standard InChI is InChI=1S/C13H27NOSi/c1-5-12(14)13(6-2)10-9-11-16(7-3,8-4)15-13/h5,12H,1,6-11,14H2,2-4H3. The predicted molar refractivity (Wildman–Crippen MR) is 73.0 cm³/mol. The molecule has 0 amide bonds. The van der Waals surface area contributed by atoms with Crippen molar-refractivity contribution in [3.05, 3.63) is 12.7 Å². The summed E-state index contributed by atoms with van der Waals surface area (Å²) in [5.74, 6) is 0. The Morgan fingerprint density at radius 3 is 2.50 bits per heavy atom. The molecule has 0 bridgehead atoms. The molecule has 0 radical (unpaired) electrons. The van der Waals surface area contributed by atoms with E-state index in [0.717, 1.165) is 12.8 Å². The summed E-state index contributed by atoms with van der Waals surface area (Å²) in [5.41, 5.74) is 6.09. The van der Waals surface area contributed by atoms with Crippen LogP contribution in [0.25, 0.3) is 0 Å². The number of rotatable bonds is 5. The van der Waals surface area contributed by atoms with E-state index in [2.05, 4.69) is 27.4 Å². The molecule has 94 valence electrons. The Hall–Kier alpha value is -0.123. The first kappa shape index (κ1) is 13.9. The zero-order valence-electron chi connectivity index (χ0n) is 11.1. The van der Waals surface area contributed by atoms with Gasteiger partial charge in [0.05, 0.1) is 11.6 Å². The smallest absolute Gasteiger partial charge is 0.193 e. The molecule has 2 unspecified atom stereocenters. The molecule has 0 saturated carbocycles. The SMILES string of the molecule is C=CC(N)C1(CC)CCC[Si](CC)(CC)O1. The van der Waals surface area contributed by atoms with Crippen LogP contribution in [0.15, 0.2) is 12.7 Å². The van der Waals surface area contributed by atoms with Crippen molar-refractivity contribution in [1.82, 2.24) is 0 Å². The van der Waals surface area contributed by atoms with Crippen LogP contribution in [0.1, 0.15) is 40.0 Å². The van der Waals surface area contributed by atoms with Gasteiger partial charge in [0, 0.05) is 0 Å². The summed E-state index contributed by atoms with van der Waals surface area (Å²) >= 11 is 0. The van der Waals surface area contributed by atoms with Gasteiger partial charge in [-0.25, -0.2) is 0 Å². The molecule has 0 spiro atoms. The summed E-state index contributed by atoms with van der Waals surface area (Å²) in [6.07, 6.45) is 5.25. The fourth-order valence-corrected chi connectivity index (χ4v) is 6.59. The van der Waals surface area contributed by atoms with E-state index >= 15 is 0 Å². The van der Waals surface area contributed by atoms with E-state index in [1.807, 2.05) is 6.08 Å². The third kappa shape index (κ3) is 2.41. The Labute approximate surface area is 101 Å². The maximum Gasteiger partial charge on any atom is 0.193 e. The molecule has 0 aliphatic carbocycles. The second-order valence-corrected chi connectivity index (χ2v) is 9.51. The third-order valence-electron chi connectivity index (χ3n) is 4.40. The summed E-state index contributed by atoms with van der Waals surface area (Å²) in [7, 11) is -1.49. The van der Waals surface area contributed by atoms with E-state index in [-0.39, 0.29) is 11.6 Å². The van der Waals surface area contributed by atoms with Crippen molar-refractivity contribution in [3.8, 4) is 0 Å². The van der Waals surface area contributed by atoms with E-state index in [1.165, 1.54) is 24.6 Å². The van der Waals surface area contributed by atoms with Crippen LogP contribution >= 0.6 is 0 Å². The van der Waals surface area contributed by atoms with Crippen LogP contribution in [0.5, 0.6) is 0 Å². The number of nitrogens with two attached hydrogens (primary N) is 1. The summed E-state index contributed by atoms with van der Waals surface area (Å²) in [6.45, 7) is 10.6. The van der Waals surface area contributed by atoms with Gasteiger partial charge in [-0.1, -0.05) is 33.3 Å². The topological polar surface area (TPSA) is 35.2 Å². The lowest BCUT2D eigenvalue weighted by atomic mass is 9.87. The van der Waals surface area contributed by atoms with E-state index in [1.54, 1.807) is 0 Å². The van der Waals surface area contributed by atoms with Crippen molar-refractivity contribution in [2.45, 2.75) is 69.8 Å². The van der Waals surface area contributed by atoms with Gasteiger partial charge in [-0.2, -0.15) is 0 Å². The molecule has 1 aliphatic rings. The molecular formula is C13H27NOSi. The van der Waals surface area contributed by atoms with Gasteiger partial charge in [0.25, 0.3) is 0 Å². The highest BCUT2D eigenvalue weighted by molar-refractivity contribution is 6.73. The van der Waals surface area contributed by atoms with Crippen molar-refractivity contribution in [2.24, 2.45) is 5.73 Å². The molecule has 16 heavy (non-hydrogen) atoms. The average Bonchev–Trinajstić information content (AvgIpc) is 2.37. The number of hydrogen-bond donors (Lipinski definition) is 1. The Morgan fingerprint density at radius 1 is 1.44 bits per heavy atom. The van der Waals surface area contributed by atoms with Crippen molar-refractivity contribution < 1.29 is 4.43 Å². The van der Waals surface area contributed by atoms with E-state index in [9.17, 15) is 0 Å². The highest BCUT2D eigenvalue weighted by atomic mass is 28.4.